The summed E-state index contributed by atoms with van der Waals surface area (Å²) in [6.07, 6.45) is 6.42. The maximum atomic E-state index is 13.2. The van der Waals surface area contributed by atoms with Gasteiger partial charge in [-0.15, -0.1) is 5.10 Å². The minimum absolute atomic E-state index is 0. The topological polar surface area (TPSA) is 75.0 Å². The summed E-state index contributed by atoms with van der Waals surface area (Å²) in [6, 6.07) is 6.29. The Morgan fingerprint density at radius 3 is 2.58 bits per heavy atom. The Balaban J connectivity index is 0.00000245. The summed E-state index contributed by atoms with van der Waals surface area (Å²) in [4.78, 5) is 17.1. The molecule has 3 aromatic rings. The van der Waals surface area contributed by atoms with E-state index >= 15 is 0 Å². The molecule has 1 saturated heterocycles. The van der Waals surface area contributed by atoms with E-state index < -0.39 is 5.92 Å². The second-order valence-electron chi connectivity index (χ2n) is 8.20. The molecule has 1 aliphatic heterocycles. The maximum Gasteiger partial charge on any atom is 0.251 e. The molecule has 164 valence electrons. The van der Waals surface area contributed by atoms with Gasteiger partial charge in [0.1, 0.15) is 6.33 Å². The van der Waals surface area contributed by atoms with Crippen molar-refractivity contribution in [1.29, 1.82) is 0 Å². The van der Waals surface area contributed by atoms with E-state index in [4.69, 9.17) is 0 Å². The molecule has 0 spiro atoms. The largest absolute Gasteiger partial charge is 0.369 e. The van der Waals surface area contributed by atoms with Crippen LogP contribution < -0.4 is 10.2 Å². The third-order valence-corrected chi connectivity index (χ3v) is 5.86. The number of nitrogens with zero attached hydrogens (tertiary/aromatic N) is 7. The van der Waals surface area contributed by atoms with Crippen LogP contribution in [-0.4, -0.2) is 67.8 Å². The summed E-state index contributed by atoms with van der Waals surface area (Å²) in [6.45, 7) is 5.31. The Bertz CT molecular complexity index is 1040. The van der Waals surface area contributed by atoms with Crippen molar-refractivity contribution in [2.75, 3.05) is 36.4 Å². The number of aromatic nitrogens is 5. The SMILES string of the molecule is Cc1cc(Nc2ncn(-c3cnccn3)n2)cc(N2CCN(C3CC(F)(F)C3)CC2)c1.[HH]. The highest BCUT2D eigenvalue weighted by Gasteiger charge is 2.48. The molecule has 1 saturated carbocycles. The Labute approximate surface area is 180 Å². The number of nitrogens with one attached hydrogen (secondary N) is 1. The van der Waals surface area contributed by atoms with Crippen molar-refractivity contribution in [2.45, 2.75) is 31.7 Å². The standard InChI is InChI=1S/C21H24F2N8.H2/c1-15-8-16(27-20-26-14-31(28-20)19-13-24-2-3-25-19)10-17(9-15)29-4-6-30(7-5-29)18-11-21(22,23)12-18;/h2-3,8-10,13-14,18H,4-7,11-12H2,1H3,(H,27,28);1H. The number of hydrogen-bond donors (Lipinski definition) is 1. The number of benzene rings is 1. The van der Waals surface area contributed by atoms with Crippen LogP contribution in [0.25, 0.3) is 5.82 Å². The van der Waals surface area contributed by atoms with Gasteiger partial charge in [-0.2, -0.15) is 9.67 Å². The molecule has 1 aromatic carbocycles. The van der Waals surface area contributed by atoms with Gasteiger partial charge in [0, 0.05) is 70.3 Å². The first-order valence-corrected chi connectivity index (χ1v) is 10.4. The number of aryl methyl sites for hydroxylation is 1. The zero-order valence-electron chi connectivity index (χ0n) is 17.2. The van der Waals surface area contributed by atoms with E-state index in [2.05, 4.69) is 47.3 Å². The van der Waals surface area contributed by atoms with E-state index in [1.54, 1.807) is 29.6 Å². The fourth-order valence-electron chi connectivity index (χ4n) is 4.22. The Morgan fingerprint density at radius 1 is 1.06 bits per heavy atom. The van der Waals surface area contributed by atoms with Crippen LogP contribution in [0.3, 0.4) is 0 Å². The highest BCUT2D eigenvalue weighted by molar-refractivity contribution is 5.64. The smallest absolute Gasteiger partial charge is 0.251 e. The van der Waals surface area contributed by atoms with Crippen molar-refractivity contribution in [3.63, 3.8) is 0 Å². The van der Waals surface area contributed by atoms with Crippen molar-refractivity contribution in [2.24, 2.45) is 0 Å². The summed E-state index contributed by atoms with van der Waals surface area (Å²) in [5, 5.41) is 7.67. The van der Waals surface area contributed by atoms with E-state index in [1.807, 2.05) is 13.0 Å². The average molecular weight is 428 g/mol. The van der Waals surface area contributed by atoms with Crippen LogP contribution in [0.4, 0.5) is 26.1 Å². The van der Waals surface area contributed by atoms with Gasteiger partial charge in [-0.3, -0.25) is 9.88 Å². The maximum absolute atomic E-state index is 13.2. The van der Waals surface area contributed by atoms with Crippen LogP contribution >= 0.6 is 0 Å². The van der Waals surface area contributed by atoms with E-state index in [-0.39, 0.29) is 20.3 Å². The fraction of sp³-hybridized carbons (Fsp3) is 0.429. The van der Waals surface area contributed by atoms with Gasteiger partial charge in [-0.1, -0.05) is 0 Å². The van der Waals surface area contributed by atoms with E-state index in [0.717, 1.165) is 43.1 Å². The number of anilines is 3. The first kappa shape index (κ1) is 19.8. The lowest BCUT2D eigenvalue weighted by atomic mass is 9.86. The van der Waals surface area contributed by atoms with Gasteiger partial charge in [0.05, 0.1) is 6.20 Å². The quantitative estimate of drug-likeness (QED) is 0.668. The third-order valence-electron chi connectivity index (χ3n) is 5.86. The molecule has 2 aromatic heterocycles. The summed E-state index contributed by atoms with van der Waals surface area (Å²) in [5.74, 6) is -1.40. The highest BCUT2D eigenvalue weighted by Crippen LogP contribution is 2.40. The molecule has 0 bridgehead atoms. The van der Waals surface area contributed by atoms with E-state index in [1.165, 1.54) is 0 Å². The third kappa shape index (κ3) is 4.34. The second kappa shape index (κ2) is 7.84. The first-order chi connectivity index (χ1) is 14.9. The minimum Gasteiger partial charge on any atom is -0.369 e. The molecule has 2 aliphatic rings. The highest BCUT2D eigenvalue weighted by atomic mass is 19.3. The molecule has 8 nitrogen and oxygen atoms in total. The normalized spacial score (nSPS) is 19.3. The van der Waals surface area contributed by atoms with Gasteiger partial charge >= 0.3 is 0 Å². The average Bonchev–Trinajstić information content (AvgIpc) is 3.21. The molecule has 0 amide bonds. The lowest BCUT2D eigenvalue weighted by Crippen LogP contribution is -2.57. The van der Waals surface area contributed by atoms with Crippen LogP contribution in [0.1, 0.15) is 19.8 Å². The lowest BCUT2D eigenvalue weighted by Gasteiger charge is -2.46. The molecule has 5 rings (SSSR count). The van der Waals surface area contributed by atoms with Gasteiger partial charge in [0.25, 0.3) is 5.92 Å². The minimum atomic E-state index is -2.47. The van der Waals surface area contributed by atoms with E-state index in [0.29, 0.717) is 11.8 Å². The van der Waals surface area contributed by atoms with Gasteiger partial charge in [-0.25, -0.2) is 13.8 Å². The number of rotatable bonds is 5. The van der Waals surface area contributed by atoms with Gasteiger partial charge in [0.15, 0.2) is 5.82 Å². The fourth-order valence-corrected chi connectivity index (χ4v) is 4.22. The zero-order chi connectivity index (χ0) is 21.4. The van der Waals surface area contributed by atoms with Gasteiger partial charge < -0.3 is 10.2 Å². The molecule has 3 heterocycles. The van der Waals surface area contributed by atoms with Crippen molar-refractivity contribution >= 4 is 17.3 Å². The molecule has 1 aliphatic carbocycles. The number of piperazine rings is 1. The summed E-state index contributed by atoms with van der Waals surface area (Å²) in [5.41, 5.74) is 3.12. The molecule has 0 atom stereocenters. The van der Waals surface area contributed by atoms with Crippen LogP contribution in [-0.2, 0) is 0 Å². The van der Waals surface area contributed by atoms with Crippen LogP contribution in [0.15, 0.2) is 43.1 Å². The monoisotopic (exact) mass is 428 g/mol. The van der Waals surface area contributed by atoms with Gasteiger partial charge in [-0.05, 0) is 30.7 Å². The molecule has 0 unspecified atom stereocenters. The molecule has 2 fully saturated rings. The predicted molar refractivity (Wildman–Crippen MR) is 115 cm³/mol. The Morgan fingerprint density at radius 2 is 1.87 bits per heavy atom. The molecular formula is C21H26F2N8. The molecule has 31 heavy (non-hydrogen) atoms. The van der Waals surface area contributed by atoms with Crippen molar-refractivity contribution < 1.29 is 10.2 Å². The number of hydrogen-bond acceptors (Lipinski definition) is 7. The Kier molecular flexibility index (Phi) is 5.01. The molecular weight excluding hydrogens is 402 g/mol. The summed E-state index contributed by atoms with van der Waals surface area (Å²) >= 11 is 0. The lowest BCUT2D eigenvalue weighted by molar-refractivity contribution is -0.124. The number of halogens is 2. The first-order valence-electron chi connectivity index (χ1n) is 10.4. The predicted octanol–water partition coefficient (Wildman–Crippen LogP) is 3.28. The van der Waals surface area contributed by atoms with Crippen molar-refractivity contribution in [3.05, 3.63) is 48.7 Å². The molecule has 1 N–H and O–H groups in total. The van der Waals surface area contributed by atoms with Crippen LogP contribution in [0.2, 0.25) is 0 Å². The zero-order valence-corrected chi connectivity index (χ0v) is 17.2. The Hall–Kier alpha value is -3.14. The molecule has 0 radical (unpaired) electrons. The summed E-state index contributed by atoms with van der Waals surface area (Å²) < 4.78 is 27.9. The summed E-state index contributed by atoms with van der Waals surface area (Å²) in [7, 11) is 0. The van der Waals surface area contributed by atoms with Crippen molar-refractivity contribution in [1.82, 2.24) is 29.6 Å². The van der Waals surface area contributed by atoms with Crippen LogP contribution in [0, 0.1) is 6.92 Å². The van der Waals surface area contributed by atoms with E-state index in [9.17, 15) is 8.78 Å². The number of alkyl halides is 2. The van der Waals surface area contributed by atoms with Gasteiger partial charge in [0.2, 0.25) is 5.95 Å². The second-order valence-corrected chi connectivity index (χ2v) is 8.20. The molecule has 10 heteroatoms. The van der Waals surface area contributed by atoms with Crippen molar-refractivity contribution in [3.8, 4) is 5.82 Å². The van der Waals surface area contributed by atoms with Crippen LogP contribution in [0.5, 0.6) is 0 Å².